The van der Waals surface area contributed by atoms with Gasteiger partial charge < -0.3 is 15.8 Å². The zero-order chi connectivity index (χ0) is 16.8. The van der Waals surface area contributed by atoms with Gasteiger partial charge in [-0.15, -0.1) is 0 Å². The topological polar surface area (TPSA) is 81.4 Å². The molecular weight excluding hydrogens is 316 g/mol. The van der Waals surface area contributed by atoms with Crippen molar-refractivity contribution in [3.63, 3.8) is 0 Å². The van der Waals surface area contributed by atoms with Gasteiger partial charge in [0.2, 0.25) is 0 Å². The minimum absolute atomic E-state index is 0.252. The highest BCUT2D eigenvalue weighted by Crippen LogP contribution is 2.19. The van der Waals surface area contributed by atoms with Gasteiger partial charge in [-0.1, -0.05) is 30.7 Å². The van der Waals surface area contributed by atoms with Crippen molar-refractivity contribution in [2.24, 2.45) is 5.73 Å². The molecule has 5 nitrogen and oxygen atoms in total. The van der Waals surface area contributed by atoms with E-state index < -0.39 is 12.0 Å². The highest BCUT2D eigenvalue weighted by Gasteiger charge is 2.20. The Kier molecular flexibility index (Phi) is 5.60. The summed E-state index contributed by atoms with van der Waals surface area (Å²) in [5.74, 6) is -0.414. The number of carbonyl (C=O) groups excluding carboxylic acids is 2. The first-order valence-corrected chi connectivity index (χ1v) is 7.51. The summed E-state index contributed by atoms with van der Waals surface area (Å²) in [7, 11) is 0. The Balaban J connectivity index is 2.11. The van der Waals surface area contributed by atoms with E-state index in [0.717, 1.165) is 0 Å². The Morgan fingerprint density at radius 2 is 1.83 bits per heavy atom. The molecule has 23 heavy (non-hydrogen) atoms. The van der Waals surface area contributed by atoms with E-state index in [-0.39, 0.29) is 11.5 Å². The third kappa shape index (κ3) is 4.47. The second-order valence-corrected chi connectivity index (χ2v) is 5.30. The standard InChI is InChI=1S/C17H17ClN2O3/c1-2-15(23-12-9-7-11(18)8-10-12)17(22)20-14-6-4-3-5-13(14)16(19)21/h3-10,15H,2H2,1H3,(H2,19,21)(H,20,22)/t15-/m1/s1. The number of ether oxygens (including phenoxy) is 1. The van der Waals surface area contributed by atoms with Gasteiger partial charge in [-0.05, 0) is 42.8 Å². The van der Waals surface area contributed by atoms with E-state index in [2.05, 4.69) is 5.32 Å². The van der Waals surface area contributed by atoms with Gasteiger partial charge >= 0.3 is 0 Å². The highest BCUT2D eigenvalue weighted by atomic mass is 35.5. The van der Waals surface area contributed by atoms with Crippen LogP contribution in [0.15, 0.2) is 48.5 Å². The van der Waals surface area contributed by atoms with Crippen LogP contribution >= 0.6 is 11.6 Å². The van der Waals surface area contributed by atoms with Gasteiger partial charge in [-0.3, -0.25) is 9.59 Å². The lowest BCUT2D eigenvalue weighted by atomic mass is 10.1. The van der Waals surface area contributed by atoms with Crippen LogP contribution < -0.4 is 15.8 Å². The number of primary amides is 1. The molecule has 3 N–H and O–H groups in total. The molecule has 2 rings (SSSR count). The zero-order valence-electron chi connectivity index (χ0n) is 12.6. The second-order valence-electron chi connectivity index (χ2n) is 4.87. The molecule has 0 saturated carbocycles. The smallest absolute Gasteiger partial charge is 0.265 e. The van der Waals surface area contributed by atoms with Crippen LogP contribution in [0, 0.1) is 0 Å². The van der Waals surface area contributed by atoms with Crippen LogP contribution in [0.3, 0.4) is 0 Å². The van der Waals surface area contributed by atoms with E-state index in [0.29, 0.717) is 22.9 Å². The summed E-state index contributed by atoms with van der Waals surface area (Å²) in [4.78, 5) is 23.8. The normalized spacial score (nSPS) is 11.6. The fourth-order valence-electron chi connectivity index (χ4n) is 2.02. The van der Waals surface area contributed by atoms with Crippen molar-refractivity contribution in [2.45, 2.75) is 19.4 Å². The largest absolute Gasteiger partial charge is 0.481 e. The summed E-state index contributed by atoms with van der Waals surface area (Å²) in [5, 5.41) is 3.27. The van der Waals surface area contributed by atoms with E-state index in [9.17, 15) is 9.59 Å². The Morgan fingerprint density at radius 1 is 1.17 bits per heavy atom. The van der Waals surface area contributed by atoms with Crippen LogP contribution in [-0.2, 0) is 4.79 Å². The van der Waals surface area contributed by atoms with Gasteiger partial charge in [0.15, 0.2) is 6.10 Å². The van der Waals surface area contributed by atoms with Crippen LogP contribution in [0.5, 0.6) is 5.75 Å². The van der Waals surface area contributed by atoms with Crippen molar-refractivity contribution in [1.29, 1.82) is 0 Å². The molecule has 0 radical (unpaired) electrons. The van der Waals surface area contributed by atoms with Crippen molar-refractivity contribution < 1.29 is 14.3 Å². The molecule has 2 amide bonds. The first-order valence-electron chi connectivity index (χ1n) is 7.13. The quantitative estimate of drug-likeness (QED) is 0.852. The maximum Gasteiger partial charge on any atom is 0.265 e. The summed E-state index contributed by atoms with van der Waals surface area (Å²) in [6, 6.07) is 13.3. The maximum absolute atomic E-state index is 12.4. The van der Waals surface area contributed by atoms with Gasteiger partial charge in [0, 0.05) is 5.02 Å². The van der Waals surface area contributed by atoms with Crippen LogP contribution in [0.2, 0.25) is 5.02 Å². The number of carbonyl (C=O) groups is 2. The molecule has 0 spiro atoms. The molecule has 1 atom stereocenters. The summed E-state index contributed by atoms with van der Waals surface area (Å²) < 4.78 is 5.67. The van der Waals surface area contributed by atoms with Gasteiger partial charge in [-0.25, -0.2) is 0 Å². The number of hydrogen-bond donors (Lipinski definition) is 2. The molecule has 0 aliphatic rings. The highest BCUT2D eigenvalue weighted by molar-refractivity contribution is 6.30. The van der Waals surface area contributed by atoms with Crippen LogP contribution in [-0.4, -0.2) is 17.9 Å². The fourth-order valence-corrected chi connectivity index (χ4v) is 2.15. The molecule has 0 bridgehead atoms. The molecule has 0 aliphatic heterocycles. The molecule has 0 unspecified atom stereocenters. The SMILES string of the molecule is CC[C@@H](Oc1ccc(Cl)cc1)C(=O)Nc1ccccc1C(N)=O. The molecule has 0 fully saturated rings. The van der Waals surface area contributed by atoms with E-state index in [1.54, 1.807) is 48.5 Å². The van der Waals surface area contributed by atoms with Crippen molar-refractivity contribution in [3.8, 4) is 5.75 Å². The van der Waals surface area contributed by atoms with Gasteiger partial charge in [0.1, 0.15) is 5.75 Å². The van der Waals surface area contributed by atoms with E-state index in [4.69, 9.17) is 22.1 Å². The Hall–Kier alpha value is -2.53. The summed E-state index contributed by atoms with van der Waals surface area (Å²) in [6.45, 7) is 1.83. The second kappa shape index (κ2) is 7.65. The molecule has 0 aromatic heterocycles. The minimum Gasteiger partial charge on any atom is -0.481 e. The maximum atomic E-state index is 12.4. The number of rotatable bonds is 6. The van der Waals surface area contributed by atoms with E-state index in [1.807, 2.05) is 6.92 Å². The van der Waals surface area contributed by atoms with Crippen LogP contribution in [0.25, 0.3) is 0 Å². The molecule has 120 valence electrons. The lowest BCUT2D eigenvalue weighted by Gasteiger charge is -2.18. The Bertz CT molecular complexity index is 701. The Labute approximate surface area is 139 Å². The molecule has 2 aromatic rings. The number of benzene rings is 2. The number of para-hydroxylation sites is 1. The van der Waals surface area contributed by atoms with Crippen molar-refractivity contribution >= 4 is 29.1 Å². The first-order chi connectivity index (χ1) is 11.0. The predicted molar refractivity (Wildman–Crippen MR) is 89.7 cm³/mol. The number of halogens is 1. The molecule has 2 aromatic carbocycles. The average molecular weight is 333 g/mol. The summed E-state index contributed by atoms with van der Waals surface area (Å²) >= 11 is 5.82. The van der Waals surface area contributed by atoms with Crippen molar-refractivity contribution in [3.05, 3.63) is 59.1 Å². The minimum atomic E-state index is -0.697. The number of nitrogens with two attached hydrogens (primary N) is 1. The molecule has 0 heterocycles. The number of hydrogen-bond acceptors (Lipinski definition) is 3. The zero-order valence-corrected chi connectivity index (χ0v) is 13.3. The number of anilines is 1. The number of amides is 2. The van der Waals surface area contributed by atoms with Crippen molar-refractivity contribution in [2.75, 3.05) is 5.32 Å². The lowest BCUT2D eigenvalue weighted by molar-refractivity contribution is -0.122. The van der Waals surface area contributed by atoms with E-state index in [1.165, 1.54) is 0 Å². The van der Waals surface area contributed by atoms with Crippen LogP contribution in [0.1, 0.15) is 23.7 Å². The predicted octanol–water partition coefficient (Wildman–Crippen LogP) is 3.24. The van der Waals surface area contributed by atoms with Crippen molar-refractivity contribution in [1.82, 2.24) is 0 Å². The third-order valence-electron chi connectivity index (χ3n) is 3.21. The summed E-state index contributed by atoms with van der Waals surface area (Å²) in [5.41, 5.74) is 5.92. The lowest BCUT2D eigenvalue weighted by Crippen LogP contribution is -2.33. The van der Waals surface area contributed by atoms with Gasteiger partial charge in [0.05, 0.1) is 11.3 Å². The third-order valence-corrected chi connectivity index (χ3v) is 3.46. The monoisotopic (exact) mass is 332 g/mol. The molecule has 0 saturated heterocycles. The molecule has 0 aliphatic carbocycles. The molecule has 6 heteroatoms. The van der Waals surface area contributed by atoms with Gasteiger partial charge in [-0.2, -0.15) is 0 Å². The molecular formula is C17H17ClN2O3. The fraction of sp³-hybridized carbons (Fsp3) is 0.176. The Morgan fingerprint density at radius 3 is 2.43 bits per heavy atom. The van der Waals surface area contributed by atoms with Crippen LogP contribution in [0.4, 0.5) is 5.69 Å². The van der Waals surface area contributed by atoms with E-state index >= 15 is 0 Å². The first kappa shape index (κ1) is 16.8. The summed E-state index contributed by atoms with van der Waals surface area (Å²) in [6.07, 6.45) is -0.232. The van der Waals surface area contributed by atoms with Gasteiger partial charge in [0.25, 0.3) is 11.8 Å². The average Bonchev–Trinajstić information content (AvgIpc) is 2.54. The number of nitrogens with one attached hydrogen (secondary N) is 1.